The first-order chi connectivity index (χ1) is 12.7. The Balaban J connectivity index is 0.000000376. The van der Waals surface area contributed by atoms with Crippen LogP contribution in [0.3, 0.4) is 0 Å². The fourth-order valence-electron chi connectivity index (χ4n) is 2.80. The smallest absolute Gasteiger partial charge is 0.311 e. The Hall–Kier alpha value is -1.44. The molecule has 0 saturated heterocycles. The second-order valence-electron chi connectivity index (χ2n) is 6.52. The lowest BCUT2D eigenvalue weighted by Gasteiger charge is -2.26. The zero-order valence-electron chi connectivity index (χ0n) is 14.5. The highest BCUT2D eigenvalue weighted by Crippen LogP contribution is 2.43. The number of carbonyl (C=O) groups is 1. The van der Waals surface area contributed by atoms with Crippen molar-refractivity contribution in [1.29, 1.82) is 0 Å². The van der Waals surface area contributed by atoms with Gasteiger partial charge in [0.25, 0.3) is 5.91 Å². The maximum Gasteiger partial charge on any atom is 0.394 e. The van der Waals surface area contributed by atoms with Crippen molar-refractivity contribution in [3.05, 3.63) is 26.9 Å². The van der Waals surface area contributed by atoms with Crippen molar-refractivity contribution < 1.29 is 22.3 Å². The first kappa shape index (κ1) is 20.3. The van der Waals surface area contributed by atoms with Crippen LogP contribution in [0, 0.1) is 6.92 Å². The van der Waals surface area contributed by atoms with Crippen molar-refractivity contribution in [2.24, 2.45) is 0 Å². The van der Waals surface area contributed by atoms with Gasteiger partial charge < -0.3 is 5.32 Å². The SMILES string of the molecule is Cc1nnc(NC(=O)c2cc([C@@H]3C[C@H]3NC3CCC3)cs2)s1.O=S(=O)(O)O. The van der Waals surface area contributed by atoms with Crippen LogP contribution in [0.5, 0.6) is 0 Å². The van der Waals surface area contributed by atoms with E-state index in [0.717, 1.165) is 15.9 Å². The monoisotopic (exact) mass is 432 g/mol. The van der Waals surface area contributed by atoms with Crippen LogP contribution in [-0.2, 0) is 10.4 Å². The van der Waals surface area contributed by atoms with Gasteiger partial charge in [0.2, 0.25) is 5.13 Å². The van der Waals surface area contributed by atoms with Crippen molar-refractivity contribution in [3.63, 3.8) is 0 Å². The van der Waals surface area contributed by atoms with Gasteiger partial charge in [-0.25, -0.2) is 0 Å². The predicted molar refractivity (Wildman–Crippen MR) is 103 cm³/mol. The summed E-state index contributed by atoms with van der Waals surface area (Å²) in [4.78, 5) is 13.0. The lowest BCUT2D eigenvalue weighted by Crippen LogP contribution is -2.37. The lowest BCUT2D eigenvalue weighted by molar-refractivity contribution is 0.103. The first-order valence-corrected chi connectivity index (χ1v) is 11.4. The van der Waals surface area contributed by atoms with Gasteiger partial charge in [0.1, 0.15) is 5.01 Å². The van der Waals surface area contributed by atoms with Gasteiger partial charge in [-0.05, 0) is 43.2 Å². The van der Waals surface area contributed by atoms with Gasteiger partial charge in [-0.3, -0.25) is 19.2 Å². The van der Waals surface area contributed by atoms with Crippen LogP contribution in [0.2, 0.25) is 0 Å². The maximum atomic E-state index is 12.2. The van der Waals surface area contributed by atoms with E-state index >= 15 is 0 Å². The van der Waals surface area contributed by atoms with Crippen LogP contribution < -0.4 is 10.6 Å². The quantitative estimate of drug-likeness (QED) is 0.528. The molecule has 2 aromatic heterocycles. The molecule has 1 amide bonds. The van der Waals surface area contributed by atoms with E-state index in [1.807, 2.05) is 13.0 Å². The number of hydrogen-bond acceptors (Lipinski definition) is 8. The van der Waals surface area contributed by atoms with Crippen LogP contribution in [0.25, 0.3) is 0 Å². The molecule has 0 spiro atoms. The maximum absolute atomic E-state index is 12.2. The minimum atomic E-state index is -4.67. The third-order valence-electron chi connectivity index (χ3n) is 4.36. The molecule has 2 heterocycles. The number of hydrogen-bond donors (Lipinski definition) is 4. The lowest BCUT2D eigenvalue weighted by atomic mass is 9.93. The molecule has 27 heavy (non-hydrogen) atoms. The minimum Gasteiger partial charge on any atom is -0.311 e. The third-order valence-corrected chi connectivity index (χ3v) is 6.06. The van der Waals surface area contributed by atoms with Crippen LogP contribution in [0.1, 0.15) is 51.8 Å². The highest BCUT2D eigenvalue weighted by Gasteiger charge is 2.40. The number of anilines is 1. The number of amides is 1. The van der Waals surface area contributed by atoms with Crippen molar-refractivity contribution in [3.8, 4) is 0 Å². The number of thiophene rings is 1. The molecule has 0 bridgehead atoms. The van der Waals surface area contributed by atoms with E-state index in [1.54, 1.807) is 0 Å². The Bertz CT molecular complexity index is 898. The number of carbonyl (C=O) groups excluding carboxylic acids is 1. The van der Waals surface area contributed by atoms with Gasteiger partial charge in [0.15, 0.2) is 0 Å². The molecule has 12 heteroatoms. The molecule has 2 aliphatic carbocycles. The molecule has 2 fully saturated rings. The number of rotatable bonds is 5. The van der Waals surface area contributed by atoms with Gasteiger partial charge in [-0.2, -0.15) is 8.42 Å². The molecule has 0 aromatic carbocycles. The molecular formula is C15H20N4O5S3. The number of nitrogens with one attached hydrogen (secondary N) is 2. The Labute approximate surface area is 164 Å². The highest BCUT2D eigenvalue weighted by atomic mass is 32.3. The number of nitrogens with zero attached hydrogens (tertiary/aromatic N) is 2. The fourth-order valence-corrected chi connectivity index (χ4v) is 4.25. The van der Waals surface area contributed by atoms with Crippen molar-refractivity contribution >= 4 is 44.1 Å². The molecule has 9 nitrogen and oxygen atoms in total. The largest absolute Gasteiger partial charge is 0.394 e. The topological polar surface area (TPSA) is 142 Å². The van der Waals surface area contributed by atoms with Crippen molar-refractivity contribution in [1.82, 2.24) is 15.5 Å². The molecule has 148 valence electrons. The van der Waals surface area contributed by atoms with Gasteiger partial charge in [-0.1, -0.05) is 17.8 Å². The van der Waals surface area contributed by atoms with Crippen molar-refractivity contribution in [2.45, 2.75) is 50.6 Å². The standard InChI is InChI=1S/C15H18N4OS2.H2O4S/c1-8-18-19-15(22-8)17-14(20)13-5-9(7-21-13)11-6-12(11)16-10-3-2-4-10;1-5(2,3)4/h5,7,10-12,16H,2-4,6H2,1H3,(H,17,19,20);(H2,1,2,3,4)/t11-,12+;/m0./s1. The van der Waals surface area contributed by atoms with Crippen LogP contribution in [0.15, 0.2) is 11.4 Å². The zero-order valence-corrected chi connectivity index (χ0v) is 16.9. The molecule has 2 aromatic rings. The Morgan fingerprint density at radius 1 is 1.30 bits per heavy atom. The van der Waals surface area contributed by atoms with Crippen LogP contribution in [-0.4, -0.2) is 45.7 Å². The summed E-state index contributed by atoms with van der Waals surface area (Å²) in [5, 5.41) is 17.9. The van der Waals surface area contributed by atoms with E-state index in [1.165, 1.54) is 53.9 Å². The van der Waals surface area contributed by atoms with E-state index in [0.29, 0.717) is 17.1 Å². The number of aromatic nitrogens is 2. The molecule has 2 aliphatic rings. The van der Waals surface area contributed by atoms with Crippen molar-refractivity contribution in [2.75, 3.05) is 5.32 Å². The summed E-state index contributed by atoms with van der Waals surface area (Å²) >= 11 is 2.90. The Morgan fingerprint density at radius 3 is 2.56 bits per heavy atom. The van der Waals surface area contributed by atoms with E-state index in [2.05, 4.69) is 26.2 Å². The minimum absolute atomic E-state index is 0.0865. The molecule has 0 unspecified atom stereocenters. The average molecular weight is 433 g/mol. The molecule has 0 aliphatic heterocycles. The molecular weight excluding hydrogens is 412 g/mol. The number of aryl methyl sites for hydroxylation is 1. The second-order valence-corrected chi connectivity index (χ2v) is 9.50. The van der Waals surface area contributed by atoms with Gasteiger partial charge >= 0.3 is 10.4 Å². The second kappa shape index (κ2) is 8.29. The van der Waals surface area contributed by atoms with Crippen LogP contribution >= 0.6 is 22.7 Å². The van der Waals surface area contributed by atoms with Crippen LogP contribution in [0.4, 0.5) is 5.13 Å². The molecule has 4 rings (SSSR count). The summed E-state index contributed by atoms with van der Waals surface area (Å²) in [5.74, 6) is 0.499. The summed E-state index contributed by atoms with van der Waals surface area (Å²) < 4.78 is 31.6. The molecule has 2 atom stereocenters. The van der Waals surface area contributed by atoms with E-state index < -0.39 is 10.4 Å². The highest BCUT2D eigenvalue weighted by molar-refractivity contribution is 7.79. The summed E-state index contributed by atoms with van der Waals surface area (Å²) in [5.41, 5.74) is 1.29. The summed E-state index contributed by atoms with van der Waals surface area (Å²) in [6.07, 6.45) is 5.20. The molecule has 2 saturated carbocycles. The van der Waals surface area contributed by atoms with E-state index in [-0.39, 0.29) is 5.91 Å². The van der Waals surface area contributed by atoms with Gasteiger partial charge in [-0.15, -0.1) is 21.5 Å². The summed E-state index contributed by atoms with van der Waals surface area (Å²) in [6.45, 7) is 1.87. The molecule has 0 radical (unpaired) electrons. The first-order valence-electron chi connectivity index (χ1n) is 8.35. The average Bonchev–Trinajstić information content (AvgIpc) is 2.90. The zero-order chi connectivity index (χ0) is 19.6. The van der Waals surface area contributed by atoms with E-state index in [9.17, 15) is 4.79 Å². The van der Waals surface area contributed by atoms with Gasteiger partial charge in [0.05, 0.1) is 4.88 Å². The van der Waals surface area contributed by atoms with Gasteiger partial charge in [0, 0.05) is 18.0 Å². The predicted octanol–water partition coefficient (Wildman–Crippen LogP) is 2.51. The summed E-state index contributed by atoms with van der Waals surface area (Å²) in [6, 6.07) is 3.37. The fraction of sp³-hybridized carbons (Fsp3) is 0.533. The summed E-state index contributed by atoms with van der Waals surface area (Å²) in [7, 11) is -4.67. The normalized spacial score (nSPS) is 21.7. The molecule has 4 N–H and O–H groups in total. The third kappa shape index (κ3) is 6.30. The van der Waals surface area contributed by atoms with E-state index in [4.69, 9.17) is 17.5 Å². The Kier molecular flexibility index (Phi) is 6.23. The Morgan fingerprint density at radius 2 is 2.00 bits per heavy atom.